The molecule has 3 N–H and O–H groups in total. The summed E-state index contributed by atoms with van der Waals surface area (Å²) < 4.78 is 0. The molecule has 16 heavy (non-hydrogen) atoms. The molecular formula is C11H20N2O3. The van der Waals surface area contributed by atoms with Crippen molar-refractivity contribution in [1.29, 1.82) is 0 Å². The number of rotatable bonds is 4. The number of aliphatic carboxylic acids is 1. The van der Waals surface area contributed by atoms with E-state index in [1.54, 1.807) is 6.92 Å². The van der Waals surface area contributed by atoms with E-state index in [0.29, 0.717) is 0 Å². The molecule has 1 rings (SSSR count). The molecule has 0 heterocycles. The largest absolute Gasteiger partial charge is 0.480 e. The quantitative estimate of drug-likeness (QED) is 0.737. The van der Waals surface area contributed by atoms with Gasteiger partial charge in [-0.15, -0.1) is 0 Å². The molecule has 0 aromatic heterocycles. The van der Waals surface area contributed by atoms with E-state index in [4.69, 9.17) is 10.8 Å². The second-order valence-corrected chi connectivity index (χ2v) is 4.31. The van der Waals surface area contributed by atoms with E-state index < -0.39 is 12.0 Å². The lowest BCUT2D eigenvalue weighted by molar-refractivity contribution is -0.151. The monoisotopic (exact) mass is 228 g/mol. The van der Waals surface area contributed by atoms with Crippen molar-refractivity contribution in [3.63, 3.8) is 0 Å². The summed E-state index contributed by atoms with van der Waals surface area (Å²) in [6, 6.07) is -0.727. The van der Waals surface area contributed by atoms with Gasteiger partial charge in [0.2, 0.25) is 5.91 Å². The van der Waals surface area contributed by atoms with Crippen LogP contribution in [-0.4, -0.2) is 40.5 Å². The van der Waals surface area contributed by atoms with Gasteiger partial charge in [-0.2, -0.15) is 0 Å². The number of nitrogens with zero attached hydrogens (tertiary/aromatic N) is 1. The Kier molecular flexibility index (Phi) is 4.73. The van der Waals surface area contributed by atoms with Crippen LogP contribution in [0.5, 0.6) is 0 Å². The fourth-order valence-electron chi connectivity index (χ4n) is 2.32. The van der Waals surface area contributed by atoms with Crippen LogP contribution < -0.4 is 5.73 Å². The van der Waals surface area contributed by atoms with Crippen LogP contribution in [0.1, 0.15) is 39.0 Å². The molecule has 0 aromatic carbocycles. The molecule has 1 atom stereocenters. The lowest BCUT2D eigenvalue weighted by Crippen LogP contribution is -2.52. The van der Waals surface area contributed by atoms with Gasteiger partial charge in [0.15, 0.2) is 0 Å². The predicted molar refractivity (Wildman–Crippen MR) is 59.9 cm³/mol. The molecule has 0 aromatic rings. The minimum Gasteiger partial charge on any atom is -0.480 e. The van der Waals surface area contributed by atoms with Gasteiger partial charge < -0.3 is 15.7 Å². The van der Waals surface area contributed by atoms with Crippen LogP contribution in [0.2, 0.25) is 0 Å². The molecule has 0 saturated heterocycles. The Morgan fingerprint density at radius 2 is 1.94 bits per heavy atom. The third-order valence-corrected chi connectivity index (χ3v) is 3.21. The first-order valence-electron chi connectivity index (χ1n) is 5.82. The number of hydrogen-bond donors (Lipinski definition) is 2. The Hall–Kier alpha value is -1.10. The first-order chi connectivity index (χ1) is 7.57. The predicted octanol–water partition coefficient (Wildman–Crippen LogP) is 0.579. The van der Waals surface area contributed by atoms with Crippen LogP contribution in [-0.2, 0) is 9.59 Å². The molecule has 1 fully saturated rings. The third-order valence-electron chi connectivity index (χ3n) is 3.21. The first kappa shape index (κ1) is 13.0. The summed E-state index contributed by atoms with van der Waals surface area (Å²) >= 11 is 0. The van der Waals surface area contributed by atoms with Crippen molar-refractivity contribution in [3.8, 4) is 0 Å². The molecule has 0 unspecified atom stereocenters. The standard InChI is InChI=1S/C11H20N2O3/c1-8(11(15)16)13(10(14)7-12)9-5-3-2-4-6-9/h8-9H,2-7,12H2,1H3,(H,15,16)/t8-/m0/s1. The van der Waals surface area contributed by atoms with Crippen molar-refractivity contribution in [2.24, 2.45) is 5.73 Å². The highest BCUT2D eigenvalue weighted by Gasteiger charge is 2.31. The highest BCUT2D eigenvalue weighted by atomic mass is 16.4. The molecule has 0 radical (unpaired) electrons. The maximum Gasteiger partial charge on any atom is 0.326 e. The minimum atomic E-state index is -0.965. The van der Waals surface area contributed by atoms with Gasteiger partial charge in [-0.05, 0) is 19.8 Å². The summed E-state index contributed by atoms with van der Waals surface area (Å²) in [4.78, 5) is 24.1. The van der Waals surface area contributed by atoms with Crippen molar-refractivity contribution in [1.82, 2.24) is 4.90 Å². The maximum absolute atomic E-state index is 11.7. The summed E-state index contributed by atoms with van der Waals surface area (Å²) in [6.45, 7) is 1.43. The Bertz CT molecular complexity index is 262. The molecule has 1 aliphatic rings. The summed E-state index contributed by atoms with van der Waals surface area (Å²) in [5.74, 6) is -1.23. The van der Waals surface area contributed by atoms with Crippen LogP contribution in [0.25, 0.3) is 0 Å². The van der Waals surface area contributed by atoms with E-state index >= 15 is 0 Å². The van der Waals surface area contributed by atoms with Crippen molar-refractivity contribution in [3.05, 3.63) is 0 Å². The smallest absolute Gasteiger partial charge is 0.326 e. The van der Waals surface area contributed by atoms with Gasteiger partial charge in [-0.25, -0.2) is 4.79 Å². The number of carbonyl (C=O) groups excluding carboxylic acids is 1. The second-order valence-electron chi connectivity index (χ2n) is 4.31. The van der Waals surface area contributed by atoms with Gasteiger partial charge in [0, 0.05) is 6.04 Å². The van der Waals surface area contributed by atoms with Crippen molar-refractivity contribution in [2.45, 2.75) is 51.1 Å². The van der Waals surface area contributed by atoms with Crippen molar-refractivity contribution in [2.75, 3.05) is 6.54 Å². The molecule has 1 aliphatic carbocycles. The Morgan fingerprint density at radius 1 is 1.38 bits per heavy atom. The molecule has 1 amide bonds. The second kappa shape index (κ2) is 5.84. The van der Waals surface area contributed by atoms with E-state index in [2.05, 4.69) is 0 Å². The minimum absolute atomic E-state index is 0.0518. The van der Waals surface area contributed by atoms with Crippen molar-refractivity contribution >= 4 is 11.9 Å². The Balaban J connectivity index is 2.76. The summed E-state index contributed by atoms with van der Waals surface area (Å²) in [5.41, 5.74) is 5.33. The number of amides is 1. The maximum atomic E-state index is 11.7. The van der Waals surface area contributed by atoms with Crippen LogP contribution in [0.15, 0.2) is 0 Å². The summed E-state index contributed by atoms with van der Waals surface area (Å²) in [7, 11) is 0. The SMILES string of the molecule is C[C@@H](C(=O)O)N(C(=O)CN)C1CCCCC1. The Morgan fingerprint density at radius 3 is 2.38 bits per heavy atom. The zero-order valence-corrected chi connectivity index (χ0v) is 9.69. The van der Waals surface area contributed by atoms with E-state index in [9.17, 15) is 9.59 Å². The van der Waals surface area contributed by atoms with E-state index in [-0.39, 0.29) is 18.5 Å². The number of carboxylic acids is 1. The molecule has 0 spiro atoms. The molecular weight excluding hydrogens is 208 g/mol. The van der Waals surface area contributed by atoms with E-state index in [1.165, 1.54) is 11.3 Å². The van der Waals surface area contributed by atoms with Gasteiger partial charge in [-0.3, -0.25) is 4.79 Å². The van der Waals surface area contributed by atoms with E-state index in [1.807, 2.05) is 0 Å². The van der Waals surface area contributed by atoms with Gasteiger partial charge in [0.05, 0.1) is 6.54 Å². The van der Waals surface area contributed by atoms with Crippen LogP contribution >= 0.6 is 0 Å². The average molecular weight is 228 g/mol. The highest BCUT2D eigenvalue weighted by Crippen LogP contribution is 2.24. The molecule has 92 valence electrons. The highest BCUT2D eigenvalue weighted by molar-refractivity contribution is 5.84. The van der Waals surface area contributed by atoms with Crippen LogP contribution in [0.3, 0.4) is 0 Å². The van der Waals surface area contributed by atoms with Gasteiger partial charge in [-0.1, -0.05) is 19.3 Å². The lowest BCUT2D eigenvalue weighted by Gasteiger charge is -2.36. The number of carbonyl (C=O) groups is 2. The van der Waals surface area contributed by atoms with Gasteiger partial charge in [0.1, 0.15) is 6.04 Å². The lowest BCUT2D eigenvalue weighted by atomic mass is 9.93. The average Bonchev–Trinajstić information content (AvgIpc) is 2.30. The molecule has 0 aliphatic heterocycles. The zero-order valence-electron chi connectivity index (χ0n) is 9.69. The molecule has 1 saturated carbocycles. The van der Waals surface area contributed by atoms with Gasteiger partial charge >= 0.3 is 5.97 Å². The fourth-order valence-corrected chi connectivity index (χ4v) is 2.32. The normalized spacial score (nSPS) is 19.1. The summed E-state index contributed by atoms with van der Waals surface area (Å²) in [6.07, 6.45) is 5.08. The summed E-state index contributed by atoms with van der Waals surface area (Å²) in [5, 5.41) is 8.99. The molecule has 5 heteroatoms. The van der Waals surface area contributed by atoms with Crippen LogP contribution in [0.4, 0.5) is 0 Å². The van der Waals surface area contributed by atoms with Gasteiger partial charge in [0.25, 0.3) is 0 Å². The zero-order chi connectivity index (χ0) is 12.1. The first-order valence-corrected chi connectivity index (χ1v) is 5.82. The topological polar surface area (TPSA) is 83.6 Å². The number of carboxylic acid groups (broad SMARTS) is 1. The van der Waals surface area contributed by atoms with E-state index in [0.717, 1.165) is 25.7 Å². The number of hydrogen-bond acceptors (Lipinski definition) is 3. The molecule has 0 bridgehead atoms. The molecule has 5 nitrogen and oxygen atoms in total. The number of nitrogens with two attached hydrogens (primary N) is 1. The fraction of sp³-hybridized carbons (Fsp3) is 0.818. The van der Waals surface area contributed by atoms with Crippen molar-refractivity contribution < 1.29 is 14.7 Å². The Labute approximate surface area is 95.6 Å². The van der Waals surface area contributed by atoms with Crippen LogP contribution in [0, 0.1) is 0 Å². The third kappa shape index (κ3) is 2.95.